The predicted octanol–water partition coefficient (Wildman–Crippen LogP) is 3.95. The smallest absolute Gasteiger partial charge is 0.133 e. The predicted molar refractivity (Wildman–Crippen MR) is 88.5 cm³/mol. The Morgan fingerprint density at radius 3 is 2.40 bits per heavy atom. The third-order valence-corrected chi connectivity index (χ3v) is 4.05. The van der Waals surface area contributed by atoms with Gasteiger partial charge in [-0.1, -0.05) is 17.7 Å². The largest absolute Gasteiger partial charge is 0.330 e. The molecule has 0 aliphatic rings. The summed E-state index contributed by atoms with van der Waals surface area (Å²) in [6.45, 7) is 5.64. The summed E-state index contributed by atoms with van der Waals surface area (Å²) in [4.78, 5) is 6.88. The molecule has 0 saturated carbocycles. The highest BCUT2D eigenvalue weighted by Gasteiger charge is 2.11. The second-order valence-electron chi connectivity index (χ2n) is 4.87. The number of benzene rings is 1. The molecule has 0 bridgehead atoms. The first kappa shape index (κ1) is 15.0. The summed E-state index contributed by atoms with van der Waals surface area (Å²) in [5.74, 6) is 0.961. The summed E-state index contributed by atoms with van der Waals surface area (Å²) < 4.78 is 1.03. The van der Waals surface area contributed by atoms with Gasteiger partial charge in [0.15, 0.2) is 0 Å². The Bertz CT molecular complexity index is 566. The van der Waals surface area contributed by atoms with Gasteiger partial charge in [0.2, 0.25) is 0 Å². The third-order valence-electron chi connectivity index (χ3n) is 3.21. The van der Waals surface area contributed by atoms with E-state index in [1.165, 1.54) is 5.56 Å². The Hall–Kier alpha value is -1.39. The van der Waals surface area contributed by atoms with Crippen LogP contribution in [0.4, 0.5) is 11.5 Å². The highest BCUT2D eigenvalue weighted by molar-refractivity contribution is 9.10. The maximum Gasteiger partial charge on any atom is 0.133 e. The van der Waals surface area contributed by atoms with Crippen molar-refractivity contribution in [3.05, 3.63) is 52.1 Å². The minimum atomic E-state index is 0.678. The summed E-state index contributed by atoms with van der Waals surface area (Å²) in [5.41, 5.74) is 9.06. The first-order valence-corrected chi connectivity index (χ1v) is 7.58. The summed E-state index contributed by atoms with van der Waals surface area (Å²) in [5, 5.41) is 0. The lowest BCUT2D eigenvalue weighted by Gasteiger charge is -2.24. The van der Waals surface area contributed by atoms with Crippen LogP contribution < -0.4 is 10.6 Å². The van der Waals surface area contributed by atoms with Crippen molar-refractivity contribution in [2.24, 2.45) is 5.73 Å². The molecule has 3 nitrogen and oxygen atoms in total. The van der Waals surface area contributed by atoms with E-state index in [1.807, 2.05) is 19.1 Å². The highest BCUT2D eigenvalue weighted by Crippen LogP contribution is 2.26. The fraction of sp³-hybridized carbons (Fsp3) is 0.312. The highest BCUT2D eigenvalue weighted by atomic mass is 79.9. The van der Waals surface area contributed by atoms with Crippen molar-refractivity contribution in [3.8, 4) is 0 Å². The Kier molecular flexibility index (Phi) is 5.15. The fourth-order valence-electron chi connectivity index (χ4n) is 2.03. The molecule has 20 heavy (non-hydrogen) atoms. The standard InChI is InChI=1S/C16H20BrN3/c1-12-4-6-14(7-5-12)20(11-3-10-18)16-9-8-15(17)13(2)19-16/h4-9H,3,10-11,18H2,1-2H3. The van der Waals surface area contributed by atoms with Crippen molar-refractivity contribution in [1.82, 2.24) is 4.98 Å². The molecule has 0 radical (unpaired) electrons. The van der Waals surface area contributed by atoms with Gasteiger partial charge in [0.25, 0.3) is 0 Å². The van der Waals surface area contributed by atoms with Crippen LogP contribution in [0.5, 0.6) is 0 Å². The SMILES string of the molecule is Cc1ccc(N(CCCN)c2ccc(Br)c(C)n2)cc1. The third kappa shape index (κ3) is 3.58. The van der Waals surface area contributed by atoms with Gasteiger partial charge in [0, 0.05) is 16.7 Å². The molecular weight excluding hydrogens is 314 g/mol. The molecular formula is C16H20BrN3. The van der Waals surface area contributed by atoms with Crippen LogP contribution in [0.2, 0.25) is 0 Å². The normalized spacial score (nSPS) is 10.6. The molecule has 0 saturated heterocycles. The van der Waals surface area contributed by atoms with Crippen LogP contribution >= 0.6 is 15.9 Å². The Labute approximate surface area is 129 Å². The lowest BCUT2D eigenvalue weighted by molar-refractivity contribution is 0.808. The molecule has 1 heterocycles. The van der Waals surface area contributed by atoms with Gasteiger partial charge in [-0.3, -0.25) is 0 Å². The first-order valence-electron chi connectivity index (χ1n) is 6.79. The van der Waals surface area contributed by atoms with Crippen LogP contribution in [0.15, 0.2) is 40.9 Å². The number of nitrogens with zero attached hydrogens (tertiary/aromatic N) is 2. The van der Waals surface area contributed by atoms with Gasteiger partial charge in [-0.25, -0.2) is 4.98 Å². The molecule has 0 spiro atoms. The number of aromatic nitrogens is 1. The average Bonchev–Trinajstić information content (AvgIpc) is 2.45. The minimum absolute atomic E-state index is 0.678. The van der Waals surface area contributed by atoms with E-state index in [4.69, 9.17) is 5.73 Å². The number of rotatable bonds is 5. The lowest BCUT2D eigenvalue weighted by Crippen LogP contribution is -2.22. The lowest BCUT2D eigenvalue weighted by atomic mass is 10.2. The first-order chi connectivity index (χ1) is 9.61. The monoisotopic (exact) mass is 333 g/mol. The molecule has 0 aliphatic heterocycles. The van der Waals surface area contributed by atoms with Crippen molar-refractivity contribution in [2.45, 2.75) is 20.3 Å². The Morgan fingerprint density at radius 2 is 1.80 bits per heavy atom. The number of hydrogen-bond donors (Lipinski definition) is 1. The fourth-order valence-corrected chi connectivity index (χ4v) is 2.25. The molecule has 0 unspecified atom stereocenters. The van der Waals surface area contributed by atoms with Gasteiger partial charge in [-0.15, -0.1) is 0 Å². The van der Waals surface area contributed by atoms with Crippen molar-refractivity contribution < 1.29 is 0 Å². The van der Waals surface area contributed by atoms with Gasteiger partial charge in [-0.05, 0) is 67.0 Å². The number of anilines is 2. The maximum atomic E-state index is 5.66. The van der Waals surface area contributed by atoms with Crippen molar-refractivity contribution in [3.63, 3.8) is 0 Å². The van der Waals surface area contributed by atoms with Crippen LogP contribution in [0, 0.1) is 13.8 Å². The van der Waals surface area contributed by atoms with E-state index in [2.05, 4.69) is 57.0 Å². The second kappa shape index (κ2) is 6.86. The zero-order valence-corrected chi connectivity index (χ0v) is 13.5. The number of halogens is 1. The van der Waals surface area contributed by atoms with E-state index in [0.29, 0.717) is 6.54 Å². The second-order valence-corrected chi connectivity index (χ2v) is 5.72. The molecule has 0 atom stereocenters. The summed E-state index contributed by atoms with van der Waals surface area (Å²) in [7, 11) is 0. The van der Waals surface area contributed by atoms with Gasteiger partial charge in [0.05, 0.1) is 5.69 Å². The van der Waals surface area contributed by atoms with Crippen LogP contribution in [-0.2, 0) is 0 Å². The van der Waals surface area contributed by atoms with Gasteiger partial charge in [0.1, 0.15) is 5.82 Å². The van der Waals surface area contributed by atoms with Crippen molar-refractivity contribution in [1.29, 1.82) is 0 Å². The molecule has 1 aromatic carbocycles. The summed E-state index contributed by atoms with van der Waals surface area (Å²) in [6.07, 6.45) is 0.935. The van der Waals surface area contributed by atoms with Gasteiger partial charge >= 0.3 is 0 Å². The zero-order chi connectivity index (χ0) is 14.5. The van der Waals surface area contributed by atoms with E-state index >= 15 is 0 Å². The number of nitrogens with two attached hydrogens (primary N) is 1. The Balaban J connectivity index is 2.35. The van der Waals surface area contributed by atoms with E-state index < -0.39 is 0 Å². The van der Waals surface area contributed by atoms with Crippen LogP contribution in [0.3, 0.4) is 0 Å². The van der Waals surface area contributed by atoms with Gasteiger partial charge < -0.3 is 10.6 Å². The zero-order valence-electron chi connectivity index (χ0n) is 11.9. The van der Waals surface area contributed by atoms with E-state index in [-0.39, 0.29) is 0 Å². The topological polar surface area (TPSA) is 42.1 Å². The van der Waals surface area contributed by atoms with Crippen LogP contribution in [0.1, 0.15) is 17.7 Å². The number of pyridine rings is 1. The Morgan fingerprint density at radius 1 is 1.10 bits per heavy atom. The van der Waals surface area contributed by atoms with E-state index in [1.54, 1.807) is 0 Å². The minimum Gasteiger partial charge on any atom is -0.330 e. The summed E-state index contributed by atoms with van der Waals surface area (Å²) >= 11 is 3.50. The van der Waals surface area contributed by atoms with Crippen LogP contribution in [-0.4, -0.2) is 18.1 Å². The van der Waals surface area contributed by atoms with E-state index in [9.17, 15) is 0 Å². The molecule has 0 amide bonds. The van der Waals surface area contributed by atoms with Crippen molar-refractivity contribution >= 4 is 27.4 Å². The number of aryl methyl sites for hydroxylation is 2. The van der Waals surface area contributed by atoms with Crippen LogP contribution in [0.25, 0.3) is 0 Å². The molecule has 0 aliphatic carbocycles. The molecule has 4 heteroatoms. The molecule has 0 fully saturated rings. The molecule has 2 rings (SSSR count). The number of hydrogen-bond acceptors (Lipinski definition) is 3. The summed E-state index contributed by atoms with van der Waals surface area (Å²) in [6, 6.07) is 12.6. The van der Waals surface area contributed by atoms with Crippen molar-refractivity contribution in [2.75, 3.05) is 18.0 Å². The van der Waals surface area contributed by atoms with E-state index in [0.717, 1.165) is 34.6 Å². The molecule has 106 valence electrons. The molecule has 1 aromatic heterocycles. The average molecular weight is 334 g/mol. The maximum absolute atomic E-state index is 5.66. The quantitative estimate of drug-likeness (QED) is 0.900. The molecule has 2 aromatic rings. The molecule has 2 N–H and O–H groups in total. The van der Waals surface area contributed by atoms with Gasteiger partial charge in [-0.2, -0.15) is 0 Å².